The van der Waals surface area contributed by atoms with Crippen LogP contribution in [0.5, 0.6) is 6.01 Å². The number of unbranched alkanes of at least 4 members (excludes halogenated alkanes) is 1. The van der Waals surface area contributed by atoms with Gasteiger partial charge in [-0.05, 0) is 30.5 Å². The summed E-state index contributed by atoms with van der Waals surface area (Å²) in [7, 11) is 0. The molecule has 0 unspecified atom stereocenters. The largest absolute Gasteiger partial charge is 0.454 e. The molecular weight excluding hydrogens is 528 g/mol. The van der Waals surface area contributed by atoms with Crippen LogP contribution in [0.15, 0.2) is 54.6 Å². The molecule has 3 aromatic rings. The molecule has 0 bridgehead atoms. The molecule has 7 nitrogen and oxygen atoms in total. The molecule has 0 fully saturated rings. The second kappa shape index (κ2) is 12.6. The van der Waals surface area contributed by atoms with Gasteiger partial charge in [-0.25, -0.2) is 4.98 Å². The topological polar surface area (TPSA) is 113 Å². The molecule has 39 heavy (non-hydrogen) atoms. The number of Topliss-reactive ketones (excluding diaryl/α,β-unsaturated/α-hetero) is 1. The molecule has 3 rings (SSSR count). The van der Waals surface area contributed by atoms with E-state index in [-0.39, 0.29) is 42.1 Å². The van der Waals surface area contributed by atoms with Crippen molar-refractivity contribution in [2.75, 3.05) is 6.61 Å². The fourth-order valence-corrected chi connectivity index (χ4v) is 3.43. The van der Waals surface area contributed by atoms with Crippen molar-refractivity contribution in [3.8, 4) is 6.01 Å². The van der Waals surface area contributed by atoms with E-state index in [2.05, 4.69) is 19.7 Å². The molecule has 0 aliphatic heterocycles. The molecule has 1 heterocycles. The molecule has 0 saturated carbocycles. The molecule has 2 aromatic carbocycles. The summed E-state index contributed by atoms with van der Waals surface area (Å²) in [5.74, 6) is -0.867. The van der Waals surface area contributed by atoms with Crippen molar-refractivity contribution in [1.82, 2.24) is 15.0 Å². The molecule has 0 atom stereocenters. The highest BCUT2D eigenvalue weighted by Gasteiger charge is 2.31. The van der Waals surface area contributed by atoms with Gasteiger partial charge in [0.25, 0.3) is 0 Å². The van der Waals surface area contributed by atoms with Crippen LogP contribution >= 0.6 is 0 Å². The SMILES string of the molecule is N=C(Cc1ccccc1)C(=O)CCCCc1nc(OCC(F)(F)F)nc(C(=N)c2cccc(C(F)(F)F)c2)n1. The van der Waals surface area contributed by atoms with Crippen LogP contribution in [0.3, 0.4) is 0 Å². The van der Waals surface area contributed by atoms with Crippen LogP contribution in [0.2, 0.25) is 0 Å². The van der Waals surface area contributed by atoms with E-state index in [0.717, 1.165) is 17.7 Å². The summed E-state index contributed by atoms with van der Waals surface area (Å²) in [6, 6.07) is 12.1. The van der Waals surface area contributed by atoms with Crippen LogP contribution < -0.4 is 4.74 Å². The van der Waals surface area contributed by atoms with Gasteiger partial charge in [0, 0.05) is 24.8 Å². The van der Waals surface area contributed by atoms with Gasteiger partial charge in [-0.2, -0.15) is 36.3 Å². The molecule has 13 heteroatoms. The normalized spacial score (nSPS) is 11.7. The number of benzene rings is 2. The minimum absolute atomic E-state index is 0.0546. The molecule has 0 radical (unpaired) electrons. The van der Waals surface area contributed by atoms with E-state index in [0.29, 0.717) is 18.9 Å². The Morgan fingerprint density at radius 3 is 2.26 bits per heavy atom. The highest BCUT2D eigenvalue weighted by molar-refractivity contribution is 6.38. The first-order valence-electron chi connectivity index (χ1n) is 11.7. The van der Waals surface area contributed by atoms with Crippen LogP contribution in [0.25, 0.3) is 0 Å². The van der Waals surface area contributed by atoms with Crippen molar-refractivity contribution in [3.63, 3.8) is 0 Å². The first-order valence-corrected chi connectivity index (χ1v) is 11.7. The number of halogens is 6. The Labute approximate surface area is 219 Å². The van der Waals surface area contributed by atoms with Gasteiger partial charge in [0.05, 0.1) is 11.3 Å². The second-order valence-electron chi connectivity index (χ2n) is 8.49. The molecule has 2 N–H and O–H groups in total. The minimum Gasteiger partial charge on any atom is -0.454 e. The number of rotatable bonds is 12. The predicted molar refractivity (Wildman–Crippen MR) is 129 cm³/mol. The van der Waals surface area contributed by atoms with Crippen LogP contribution in [-0.2, 0) is 23.8 Å². The lowest BCUT2D eigenvalue weighted by Crippen LogP contribution is -2.21. The van der Waals surface area contributed by atoms with E-state index in [1.807, 2.05) is 6.07 Å². The van der Waals surface area contributed by atoms with Gasteiger partial charge in [0.15, 0.2) is 18.2 Å². The Balaban J connectivity index is 1.70. The Morgan fingerprint density at radius 1 is 0.872 bits per heavy atom. The first-order chi connectivity index (χ1) is 18.3. The van der Waals surface area contributed by atoms with Gasteiger partial charge in [0.2, 0.25) is 0 Å². The van der Waals surface area contributed by atoms with E-state index in [9.17, 15) is 31.1 Å². The monoisotopic (exact) mass is 551 g/mol. The number of ether oxygens (including phenoxy) is 1. The van der Waals surface area contributed by atoms with Crippen molar-refractivity contribution in [3.05, 3.63) is 82.9 Å². The fraction of sp³-hybridized carbons (Fsp3) is 0.308. The van der Waals surface area contributed by atoms with Gasteiger partial charge < -0.3 is 10.1 Å². The Morgan fingerprint density at radius 2 is 1.59 bits per heavy atom. The van der Waals surface area contributed by atoms with Gasteiger partial charge in [-0.15, -0.1) is 0 Å². The van der Waals surface area contributed by atoms with Crippen LogP contribution in [-0.4, -0.2) is 44.9 Å². The Bertz CT molecular complexity index is 1330. The number of carbonyl (C=O) groups is 1. The third-order valence-corrected chi connectivity index (χ3v) is 5.34. The molecule has 1 aromatic heterocycles. The Kier molecular flexibility index (Phi) is 9.49. The van der Waals surface area contributed by atoms with Crippen molar-refractivity contribution >= 4 is 17.2 Å². The van der Waals surface area contributed by atoms with E-state index >= 15 is 0 Å². The number of carbonyl (C=O) groups excluding carboxylic acids is 1. The summed E-state index contributed by atoms with van der Waals surface area (Å²) in [5.41, 5.74) is -1.02. The van der Waals surface area contributed by atoms with Gasteiger partial charge in [-0.3, -0.25) is 10.2 Å². The molecular formula is C26H23F6N5O2. The maximum atomic E-state index is 13.1. The van der Waals surface area contributed by atoms with E-state index < -0.39 is 42.1 Å². The molecule has 206 valence electrons. The summed E-state index contributed by atoms with van der Waals surface area (Å²) in [4.78, 5) is 23.8. The van der Waals surface area contributed by atoms with Gasteiger partial charge >= 0.3 is 18.4 Å². The van der Waals surface area contributed by atoms with Crippen LogP contribution in [0, 0.1) is 10.8 Å². The molecule has 0 spiro atoms. The van der Waals surface area contributed by atoms with Crippen LogP contribution in [0.1, 0.15) is 47.6 Å². The molecule has 0 aliphatic carbocycles. The van der Waals surface area contributed by atoms with E-state index in [1.165, 1.54) is 6.07 Å². The number of aryl methyl sites for hydroxylation is 1. The summed E-state index contributed by atoms with van der Waals surface area (Å²) in [5, 5.41) is 16.2. The average Bonchev–Trinajstić information content (AvgIpc) is 2.89. The number of hydrogen-bond donors (Lipinski definition) is 2. The number of nitrogens with one attached hydrogen (secondary N) is 2. The molecule has 0 amide bonds. The first kappa shape index (κ1) is 29.4. The van der Waals surface area contributed by atoms with Gasteiger partial charge in [-0.1, -0.05) is 42.5 Å². The summed E-state index contributed by atoms with van der Waals surface area (Å²) >= 11 is 0. The van der Waals surface area contributed by atoms with Crippen molar-refractivity contribution in [2.45, 2.75) is 44.5 Å². The smallest absolute Gasteiger partial charge is 0.422 e. The van der Waals surface area contributed by atoms with E-state index in [4.69, 9.17) is 10.8 Å². The number of ketones is 1. The fourth-order valence-electron chi connectivity index (χ4n) is 3.43. The lowest BCUT2D eigenvalue weighted by molar-refractivity contribution is -0.154. The van der Waals surface area contributed by atoms with Crippen molar-refractivity contribution in [1.29, 1.82) is 10.8 Å². The third-order valence-electron chi connectivity index (χ3n) is 5.34. The lowest BCUT2D eigenvalue weighted by Gasteiger charge is -2.12. The minimum atomic E-state index is -4.70. The van der Waals surface area contributed by atoms with Crippen molar-refractivity contribution < 1.29 is 35.9 Å². The number of hydrogen-bond acceptors (Lipinski definition) is 7. The standard InChI is InChI=1S/C26H23F6N5O2/c27-25(28,29)15-39-24-36-21(12-5-4-11-20(38)19(33)13-16-7-2-1-3-8-16)35-23(37-24)22(34)17-9-6-10-18(14-17)26(30,31)32/h1-3,6-10,14,33-34H,4-5,11-13,15H2. The van der Waals surface area contributed by atoms with Crippen LogP contribution in [0.4, 0.5) is 26.3 Å². The summed E-state index contributed by atoms with van der Waals surface area (Å²) in [6.07, 6.45) is -8.44. The zero-order valence-corrected chi connectivity index (χ0v) is 20.4. The summed E-state index contributed by atoms with van der Waals surface area (Å²) < 4.78 is 81.8. The lowest BCUT2D eigenvalue weighted by atomic mass is 10.0. The predicted octanol–water partition coefficient (Wildman–Crippen LogP) is 5.79. The number of alkyl halides is 6. The maximum Gasteiger partial charge on any atom is 0.422 e. The second-order valence-corrected chi connectivity index (χ2v) is 8.49. The third kappa shape index (κ3) is 9.27. The molecule has 0 aliphatic rings. The average molecular weight is 551 g/mol. The number of nitrogens with zero attached hydrogens (tertiary/aromatic N) is 3. The number of aromatic nitrogens is 3. The Hall–Kier alpha value is -4.16. The van der Waals surface area contributed by atoms with E-state index in [1.54, 1.807) is 24.3 Å². The van der Waals surface area contributed by atoms with Crippen molar-refractivity contribution in [2.24, 2.45) is 0 Å². The quantitative estimate of drug-likeness (QED) is 0.168. The van der Waals surface area contributed by atoms with Gasteiger partial charge in [0.1, 0.15) is 11.5 Å². The maximum absolute atomic E-state index is 13.1. The highest BCUT2D eigenvalue weighted by Crippen LogP contribution is 2.30. The zero-order valence-electron chi connectivity index (χ0n) is 20.4. The highest BCUT2D eigenvalue weighted by atomic mass is 19.4. The zero-order chi connectivity index (χ0) is 28.6. The molecule has 0 saturated heterocycles. The summed E-state index contributed by atoms with van der Waals surface area (Å²) in [6.45, 7) is -1.72.